The molecule has 3 nitrogen and oxygen atoms in total. The Morgan fingerprint density at radius 1 is 1.75 bits per heavy atom. The van der Waals surface area contributed by atoms with Crippen LogP contribution in [0.15, 0.2) is 12.3 Å². The maximum atomic E-state index is 10.1. The predicted molar refractivity (Wildman–Crippen MR) is 46.7 cm³/mol. The lowest BCUT2D eigenvalue weighted by molar-refractivity contribution is -0.131. The monoisotopic (exact) mass is 169 g/mol. The van der Waals surface area contributed by atoms with E-state index in [2.05, 4.69) is 19.2 Å². The van der Waals surface area contributed by atoms with Crippen molar-refractivity contribution in [3.63, 3.8) is 0 Å². The molecule has 0 bridgehead atoms. The molecule has 1 fully saturated rings. The zero-order valence-electron chi connectivity index (χ0n) is 7.50. The van der Waals surface area contributed by atoms with Crippen molar-refractivity contribution in [1.29, 1.82) is 0 Å². The lowest BCUT2D eigenvalue weighted by Gasteiger charge is -2.01. The Bertz CT molecular complexity index is 209. The van der Waals surface area contributed by atoms with E-state index in [-0.39, 0.29) is 0 Å². The van der Waals surface area contributed by atoms with Crippen molar-refractivity contribution in [2.45, 2.75) is 20.3 Å². The van der Waals surface area contributed by atoms with Crippen molar-refractivity contribution >= 4 is 5.97 Å². The summed E-state index contributed by atoms with van der Waals surface area (Å²) >= 11 is 0. The first-order chi connectivity index (χ1) is 5.52. The molecule has 0 aromatic heterocycles. The molecule has 2 N–H and O–H groups in total. The number of aliphatic carboxylic acids is 1. The summed E-state index contributed by atoms with van der Waals surface area (Å²) in [6.07, 6.45) is 3.85. The second-order valence-electron chi connectivity index (χ2n) is 3.97. The van der Waals surface area contributed by atoms with Crippen LogP contribution in [0.5, 0.6) is 0 Å². The van der Waals surface area contributed by atoms with Gasteiger partial charge in [0.05, 0.1) is 0 Å². The van der Waals surface area contributed by atoms with E-state index in [0.717, 1.165) is 12.6 Å². The molecular formula is C9H15NO2. The molecule has 1 atom stereocenters. The van der Waals surface area contributed by atoms with Gasteiger partial charge in [-0.25, -0.2) is 4.79 Å². The highest BCUT2D eigenvalue weighted by atomic mass is 16.4. The summed E-state index contributed by atoms with van der Waals surface area (Å²) in [5, 5.41) is 11.2. The molecular weight excluding hydrogens is 154 g/mol. The third kappa shape index (κ3) is 2.57. The van der Waals surface area contributed by atoms with Crippen molar-refractivity contribution in [2.75, 3.05) is 6.54 Å². The maximum absolute atomic E-state index is 10.1. The van der Waals surface area contributed by atoms with Crippen LogP contribution in [0.1, 0.15) is 20.3 Å². The van der Waals surface area contributed by atoms with E-state index in [1.54, 1.807) is 0 Å². The van der Waals surface area contributed by atoms with E-state index in [0.29, 0.717) is 11.3 Å². The summed E-state index contributed by atoms with van der Waals surface area (Å²) in [6, 6.07) is 0. The minimum atomic E-state index is -0.905. The molecule has 12 heavy (non-hydrogen) atoms. The van der Waals surface area contributed by atoms with Gasteiger partial charge in [0, 0.05) is 18.8 Å². The molecule has 1 aliphatic rings. The lowest BCUT2D eigenvalue weighted by atomic mass is 10.1. The van der Waals surface area contributed by atoms with Crippen LogP contribution in [0.4, 0.5) is 0 Å². The van der Waals surface area contributed by atoms with Crippen molar-refractivity contribution in [3.8, 4) is 0 Å². The van der Waals surface area contributed by atoms with Gasteiger partial charge in [-0.05, 0) is 17.8 Å². The summed E-state index contributed by atoms with van der Waals surface area (Å²) in [7, 11) is 0. The second kappa shape index (κ2) is 3.17. The van der Waals surface area contributed by atoms with Crippen LogP contribution in [-0.2, 0) is 4.79 Å². The Balaban J connectivity index is 2.09. The van der Waals surface area contributed by atoms with Gasteiger partial charge in [-0.2, -0.15) is 0 Å². The molecule has 3 heteroatoms. The van der Waals surface area contributed by atoms with Gasteiger partial charge < -0.3 is 10.4 Å². The third-order valence-electron chi connectivity index (χ3n) is 2.43. The molecule has 1 rings (SSSR count). The van der Waals surface area contributed by atoms with E-state index in [1.807, 2.05) is 0 Å². The molecule has 0 aromatic rings. The molecule has 68 valence electrons. The molecule has 0 saturated heterocycles. The van der Waals surface area contributed by atoms with Gasteiger partial charge in [0.15, 0.2) is 0 Å². The smallest absolute Gasteiger partial charge is 0.329 e. The van der Waals surface area contributed by atoms with Gasteiger partial charge in [0.2, 0.25) is 0 Å². The first kappa shape index (κ1) is 9.10. The molecule has 0 amide bonds. The highest BCUT2D eigenvalue weighted by Crippen LogP contribution is 2.50. The normalized spacial score (nSPS) is 25.7. The SMILES string of the molecule is CC1(C)CC1CN/C=C/C(=O)O. The van der Waals surface area contributed by atoms with E-state index in [1.165, 1.54) is 12.6 Å². The summed E-state index contributed by atoms with van der Waals surface area (Å²) in [4.78, 5) is 10.1. The number of carboxylic acids is 1. The Labute approximate surface area is 72.5 Å². The van der Waals surface area contributed by atoms with E-state index < -0.39 is 5.97 Å². The van der Waals surface area contributed by atoms with Gasteiger partial charge in [-0.15, -0.1) is 0 Å². The van der Waals surface area contributed by atoms with Crippen molar-refractivity contribution in [3.05, 3.63) is 12.3 Å². The van der Waals surface area contributed by atoms with Crippen LogP contribution in [0.25, 0.3) is 0 Å². The number of hydrogen-bond acceptors (Lipinski definition) is 2. The number of carboxylic acid groups (broad SMARTS) is 1. The zero-order chi connectivity index (χ0) is 9.19. The fraction of sp³-hybridized carbons (Fsp3) is 0.667. The average Bonchev–Trinajstić information content (AvgIpc) is 2.51. The minimum Gasteiger partial charge on any atom is -0.478 e. The van der Waals surface area contributed by atoms with Crippen molar-refractivity contribution < 1.29 is 9.90 Å². The van der Waals surface area contributed by atoms with Crippen LogP contribution < -0.4 is 5.32 Å². The molecule has 1 aliphatic carbocycles. The van der Waals surface area contributed by atoms with E-state index in [4.69, 9.17) is 5.11 Å². The van der Waals surface area contributed by atoms with Crippen LogP contribution in [0.3, 0.4) is 0 Å². The van der Waals surface area contributed by atoms with Crippen LogP contribution >= 0.6 is 0 Å². The highest BCUT2D eigenvalue weighted by Gasteiger charge is 2.44. The predicted octanol–water partition coefficient (Wildman–Crippen LogP) is 1.22. The standard InChI is InChI=1S/C9H15NO2/c1-9(2)5-7(9)6-10-4-3-8(11)12/h3-4,7,10H,5-6H2,1-2H3,(H,11,12)/b4-3+. The van der Waals surface area contributed by atoms with Crippen molar-refractivity contribution in [1.82, 2.24) is 5.32 Å². The first-order valence-corrected chi connectivity index (χ1v) is 4.15. The second-order valence-corrected chi connectivity index (χ2v) is 3.97. The minimum absolute atomic E-state index is 0.462. The summed E-state index contributed by atoms with van der Waals surface area (Å²) in [5.74, 6) is -0.200. The van der Waals surface area contributed by atoms with E-state index >= 15 is 0 Å². The molecule has 0 aromatic carbocycles. The van der Waals surface area contributed by atoms with Crippen molar-refractivity contribution in [2.24, 2.45) is 11.3 Å². The number of nitrogens with one attached hydrogen (secondary N) is 1. The number of rotatable bonds is 4. The lowest BCUT2D eigenvalue weighted by Crippen LogP contribution is -2.12. The van der Waals surface area contributed by atoms with Gasteiger partial charge >= 0.3 is 5.97 Å². The van der Waals surface area contributed by atoms with Gasteiger partial charge in [0.25, 0.3) is 0 Å². The fourth-order valence-corrected chi connectivity index (χ4v) is 1.27. The first-order valence-electron chi connectivity index (χ1n) is 4.15. The maximum Gasteiger partial charge on any atom is 0.329 e. The largest absolute Gasteiger partial charge is 0.478 e. The Hall–Kier alpha value is -0.990. The fourth-order valence-electron chi connectivity index (χ4n) is 1.27. The Morgan fingerprint density at radius 3 is 2.75 bits per heavy atom. The molecule has 0 aliphatic heterocycles. The highest BCUT2D eigenvalue weighted by molar-refractivity contribution is 5.79. The molecule has 0 heterocycles. The van der Waals surface area contributed by atoms with Gasteiger partial charge in [-0.1, -0.05) is 13.8 Å². The quantitative estimate of drug-likeness (QED) is 0.622. The topological polar surface area (TPSA) is 49.3 Å². The average molecular weight is 169 g/mol. The molecule has 1 unspecified atom stereocenters. The molecule has 1 saturated carbocycles. The Morgan fingerprint density at radius 2 is 2.33 bits per heavy atom. The summed E-state index contributed by atoms with van der Waals surface area (Å²) < 4.78 is 0. The van der Waals surface area contributed by atoms with Crippen LogP contribution in [0, 0.1) is 11.3 Å². The van der Waals surface area contributed by atoms with Gasteiger partial charge in [0.1, 0.15) is 0 Å². The molecule has 0 radical (unpaired) electrons. The van der Waals surface area contributed by atoms with Crippen LogP contribution in [-0.4, -0.2) is 17.6 Å². The third-order valence-corrected chi connectivity index (χ3v) is 2.43. The van der Waals surface area contributed by atoms with Crippen LogP contribution in [0.2, 0.25) is 0 Å². The number of hydrogen-bond donors (Lipinski definition) is 2. The van der Waals surface area contributed by atoms with Gasteiger partial charge in [-0.3, -0.25) is 0 Å². The number of carbonyl (C=O) groups is 1. The molecule has 0 spiro atoms. The summed E-state index contributed by atoms with van der Waals surface area (Å²) in [6.45, 7) is 5.33. The zero-order valence-corrected chi connectivity index (χ0v) is 7.50. The summed E-state index contributed by atoms with van der Waals surface area (Å²) in [5.41, 5.74) is 0.462. The van der Waals surface area contributed by atoms with E-state index in [9.17, 15) is 4.79 Å². The Kier molecular flexibility index (Phi) is 2.40.